The predicted octanol–water partition coefficient (Wildman–Crippen LogP) is 1.17. The van der Waals surface area contributed by atoms with Gasteiger partial charge in [0.15, 0.2) is 0 Å². The Kier molecular flexibility index (Phi) is 5.26. The quantitative estimate of drug-likeness (QED) is 0.686. The molecule has 0 aromatic heterocycles. The van der Waals surface area contributed by atoms with Gasteiger partial charge in [0.25, 0.3) is 0 Å². The SMILES string of the molecule is CC(O)CN(CC(C)O)S(=O)(=O)c1ccc2cccc(N)c2c1. The minimum Gasteiger partial charge on any atom is -0.398 e. The van der Waals surface area contributed by atoms with Gasteiger partial charge < -0.3 is 15.9 Å². The van der Waals surface area contributed by atoms with Gasteiger partial charge in [0.2, 0.25) is 10.0 Å². The van der Waals surface area contributed by atoms with Crippen molar-refractivity contribution in [3.05, 3.63) is 36.4 Å². The average molecular weight is 338 g/mol. The summed E-state index contributed by atoms with van der Waals surface area (Å²) in [7, 11) is -3.84. The van der Waals surface area contributed by atoms with Gasteiger partial charge in [0.05, 0.1) is 17.1 Å². The largest absolute Gasteiger partial charge is 0.398 e. The molecule has 2 aromatic carbocycles. The molecule has 7 heteroatoms. The number of hydrogen-bond donors (Lipinski definition) is 3. The lowest BCUT2D eigenvalue weighted by atomic mass is 10.1. The smallest absolute Gasteiger partial charge is 0.243 e. The first-order chi connectivity index (χ1) is 10.7. The standard InChI is InChI=1S/C16H22N2O4S/c1-11(19)9-18(10-12(2)20)23(21,22)14-7-6-13-4-3-5-16(17)15(13)8-14/h3-8,11-12,19-20H,9-10,17H2,1-2H3. The van der Waals surface area contributed by atoms with Gasteiger partial charge in [-0.3, -0.25) is 0 Å². The van der Waals surface area contributed by atoms with E-state index in [4.69, 9.17) is 5.73 Å². The molecule has 0 aliphatic heterocycles. The Hall–Kier alpha value is -1.67. The summed E-state index contributed by atoms with van der Waals surface area (Å²) in [5, 5.41) is 20.6. The summed E-state index contributed by atoms with van der Waals surface area (Å²) in [6.07, 6.45) is -1.68. The molecule has 0 heterocycles. The maximum Gasteiger partial charge on any atom is 0.243 e. The third-order valence-electron chi connectivity index (χ3n) is 3.46. The first-order valence-corrected chi connectivity index (χ1v) is 8.80. The van der Waals surface area contributed by atoms with Crippen LogP contribution in [0.15, 0.2) is 41.3 Å². The Morgan fingerprint density at radius 1 is 1.09 bits per heavy atom. The van der Waals surface area contributed by atoms with Crippen LogP contribution in [0.1, 0.15) is 13.8 Å². The van der Waals surface area contributed by atoms with E-state index in [0.717, 1.165) is 9.69 Å². The first kappa shape index (κ1) is 17.7. The van der Waals surface area contributed by atoms with Crippen molar-refractivity contribution in [2.24, 2.45) is 0 Å². The fourth-order valence-electron chi connectivity index (χ4n) is 2.45. The second-order valence-corrected chi connectivity index (χ2v) is 7.69. The molecule has 0 fully saturated rings. The van der Waals surface area contributed by atoms with Gasteiger partial charge in [-0.05, 0) is 37.4 Å². The Morgan fingerprint density at radius 3 is 2.26 bits per heavy atom. The van der Waals surface area contributed by atoms with Crippen LogP contribution in [-0.4, -0.2) is 48.2 Å². The molecule has 2 atom stereocenters. The van der Waals surface area contributed by atoms with Gasteiger partial charge in [-0.25, -0.2) is 8.42 Å². The Morgan fingerprint density at radius 2 is 1.70 bits per heavy atom. The van der Waals surface area contributed by atoms with Crippen molar-refractivity contribution < 1.29 is 18.6 Å². The number of benzene rings is 2. The third-order valence-corrected chi connectivity index (χ3v) is 5.29. The summed E-state index contributed by atoms with van der Waals surface area (Å²) < 4.78 is 26.7. The molecule has 2 aromatic rings. The zero-order valence-corrected chi connectivity index (χ0v) is 14.0. The van der Waals surface area contributed by atoms with Crippen LogP contribution in [-0.2, 0) is 10.0 Å². The highest BCUT2D eigenvalue weighted by molar-refractivity contribution is 7.89. The minimum absolute atomic E-state index is 0.0872. The van der Waals surface area contributed by atoms with Crippen molar-refractivity contribution in [2.75, 3.05) is 18.8 Å². The molecule has 0 spiro atoms. The summed E-state index contributed by atoms with van der Waals surface area (Å²) in [4.78, 5) is 0.0872. The van der Waals surface area contributed by atoms with Crippen LogP contribution < -0.4 is 5.73 Å². The zero-order chi connectivity index (χ0) is 17.2. The summed E-state index contributed by atoms with van der Waals surface area (Å²) in [6, 6.07) is 10.1. The van der Waals surface area contributed by atoms with Crippen molar-refractivity contribution in [2.45, 2.75) is 31.0 Å². The molecule has 0 saturated carbocycles. The highest BCUT2D eigenvalue weighted by Crippen LogP contribution is 2.26. The molecule has 0 radical (unpaired) electrons. The molecule has 0 aliphatic carbocycles. The topological polar surface area (TPSA) is 104 Å². The van der Waals surface area contributed by atoms with E-state index in [9.17, 15) is 18.6 Å². The van der Waals surface area contributed by atoms with E-state index in [1.807, 2.05) is 6.07 Å². The van der Waals surface area contributed by atoms with Gasteiger partial charge in [-0.1, -0.05) is 18.2 Å². The predicted molar refractivity (Wildman–Crippen MR) is 90.5 cm³/mol. The number of nitrogens with two attached hydrogens (primary N) is 1. The number of anilines is 1. The molecular formula is C16H22N2O4S. The van der Waals surface area contributed by atoms with Crippen LogP contribution >= 0.6 is 0 Å². The Labute approximate surface area is 136 Å². The van der Waals surface area contributed by atoms with Crippen LogP contribution in [0.25, 0.3) is 10.8 Å². The van der Waals surface area contributed by atoms with E-state index in [2.05, 4.69) is 0 Å². The van der Waals surface area contributed by atoms with Crippen molar-refractivity contribution in [3.63, 3.8) is 0 Å². The van der Waals surface area contributed by atoms with Crippen LogP contribution in [0.3, 0.4) is 0 Å². The van der Waals surface area contributed by atoms with Gasteiger partial charge in [-0.15, -0.1) is 0 Å². The van der Waals surface area contributed by atoms with E-state index in [1.54, 1.807) is 18.2 Å². The number of nitrogens with zero attached hydrogens (tertiary/aromatic N) is 1. The molecule has 0 aliphatic rings. The number of nitrogen functional groups attached to an aromatic ring is 1. The number of aliphatic hydroxyl groups excluding tert-OH is 2. The number of fused-ring (bicyclic) bond motifs is 1. The van der Waals surface area contributed by atoms with E-state index in [-0.39, 0.29) is 18.0 Å². The van der Waals surface area contributed by atoms with E-state index >= 15 is 0 Å². The van der Waals surface area contributed by atoms with Crippen molar-refractivity contribution in [1.29, 1.82) is 0 Å². The van der Waals surface area contributed by atoms with E-state index < -0.39 is 22.2 Å². The second-order valence-electron chi connectivity index (χ2n) is 5.75. The van der Waals surface area contributed by atoms with E-state index in [0.29, 0.717) is 11.1 Å². The van der Waals surface area contributed by atoms with Crippen LogP contribution in [0.2, 0.25) is 0 Å². The van der Waals surface area contributed by atoms with Crippen molar-refractivity contribution in [3.8, 4) is 0 Å². The summed E-state index contributed by atoms with van der Waals surface area (Å²) in [6.45, 7) is 2.83. The zero-order valence-electron chi connectivity index (χ0n) is 13.2. The lowest BCUT2D eigenvalue weighted by Gasteiger charge is -2.24. The number of hydrogen-bond acceptors (Lipinski definition) is 5. The minimum atomic E-state index is -3.84. The molecule has 0 saturated heterocycles. The number of sulfonamides is 1. The summed E-state index contributed by atoms with van der Waals surface area (Å²) in [5.41, 5.74) is 6.41. The number of aliphatic hydroxyl groups is 2. The molecule has 0 amide bonds. The van der Waals surface area contributed by atoms with E-state index in [1.165, 1.54) is 26.0 Å². The molecule has 126 valence electrons. The van der Waals surface area contributed by atoms with Crippen LogP contribution in [0.4, 0.5) is 5.69 Å². The van der Waals surface area contributed by atoms with Gasteiger partial charge in [0, 0.05) is 24.2 Å². The fourth-order valence-corrected chi connectivity index (χ4v) is 4.07. The molecule has 23 heavy (non-hydrogen) atoms. The third kappa shape index (κ3) is 4.00. The van der Waals surface area contributed by atoms with Gasteiger partial charge >= 0.3 is 0 Å². The molecule has 2 rings (SSSR count). The van der Waals surface area contributed by atoms with Gasteiger partial charge in [0.1, 0.15) is 0 Å². The Bertz CT molecular complexity index is 778. The monoisotopic (exact) mass is 338 g/mol. The second kappa shape index (κ2) is 6.84. The highest BCUT2D eigenvalue weighted by Gasteiger charge is 2.27. The Balaban J connectivity index is 2.49. The maximum atomic E-state index is 12.8. The lowest BCUT2D eigenvalue weighted by molar-refractivity contribution is 0.125. The molecule has 4 N–H and O–H groups in total. The molecule has 2 unspecified atom stereocenters. The molecular weight excluding hydrogens is 316 g/mol. The first-order valence-electron chi connectivity index (χ1n) is 7.36. The lowest BCUT2D eigenvalue weighted by Crippen LogP contribution is -2.40. The fraction of sp³-hybridized carbons (Fsp3) is 0.375. The molecule has 0 bridgehead atoms. The van der Waals surface area contributed by atoms with Crippen molar-refractivity contribution in [1.82, 2.24) is 4.31 Å². The average Bonchev–Trinajstić information content (AvgIpc) is 2.45. The highest BCUT2D eigenvalue weighted by atomic mass is 32.2. The number of rotatable bonds is 6. The normalized spacial score (nSPS) is 15.0. The molecule has 6 nitrogen and oxygen atoms in total. The summed E-state index contributed by atoms with van der Waals surface area (Å²) >= 11 is 0. The summed E-state index contributed by atoms with van der Waals surface area (Å²) in [5.74, 6) is 0. The van der Waals surface area contributed by atoms with Gasteiger partial charge in [-0.2, -0.15) is 4.31 Å². The van der Waals surface area contributed by atoms with Crippen molar-refractivity contribution >= 4 is 26.5 Å². The van der Waals surface area contributed by atoms with Crippen LogP contribution in [0.5, 0.6) is 0 Å². The van der Waals surface area contributed by atoms with Crippen LogP contribution in [0, 0.1) is 0 Å². The maximum absolute atomic E-state index is 12.8.